The van der Waals surface area contributed by atoms with Crippen molar-refractivity contribution in [3.05, 3.63) is 53.6 Å². The van der Waals surface area contributed by atoms with Gasteiger partial charge in [0.15, 0.2) is 0 Å². The third-order valence-corrected chi connectivity index (χ3v) is 6.34. The van der Waals surface area contributed by atoms with Gasteiger partial charge in [-0.2, -0.15) is 0 Å². The molecule has 1 amide bonds. The van der Waals surface area contributed by atoms with Gasteiger partial charge < -0.3 is 10.2 Å². The Kier molecular flexibility index (Phi) is 5.66. The van der Waals surface area contributed by atoms with E-state index >= 15 is 0 Å². The Morgan fingerprint density at radius 1 is 1.21 bits per heavy atom. The van der Waals surface area contributed by atoms with Crippen LogP contribution in [-0.2, 0) is 21.2 Å². The van der Waals surface area contributed by atoms with E-state index in [1.165, 1.54) is 38.4 Å². The maximum absolute atomic E-state index is 14.2. The minimum absolute atomic E-state index is 0.0557. The first-order valence-electron chi connectivity index (χ1n) is 8.74. The quantitative estimate of drug-likeness (QED) is 0.824. The molecular weight excluding hydrogens is 388 g/mol. The molecule has 6 nitrogen and oxygen atoms in total. The molecule has 0 atom stereocenters. The Morgan fingerprint density at radius 2 is 1.96 bits per heavy atom. The van der Waals surface area contributed by atoms with E-state index in [2.05, 4.69) is 5.32 Å². The van der Waals surface area contributed by atoms with Crippen LogP contribution in [0.1, 0.15) is 12.0 Å². The monoisotopic (exact) mass is 409 g/mol. The topological polar surface area (TPSA) is 69.7 Å². The van der Waals surface area contributed by atoms with E-state index in [1.807, 2.05) is 0 Å². The number of fused-ring (bicyclic) bond motifs is 1. The van der Waals surface area contributed by atoms with Crippen LogP contribution in [-0.4, -0.2) is 45.8 Å². The standard InChI is InChI=1S/C19H21F2N3O3S/c1-23(2)28(26,27)16-7-3-6-15(11-16)22-18(25)12-24-8-4-5-13-9-14(20)10-17(21)19(13)24/h3,6-7,9-11H,4-5,8,12H2,1-2H3,(H,22,25). The van der Waals surface area contributed by atoms with Crippen LogP contribution in [0.15, 0.2) is 41.3 Å². The SMILES string of the molecule is CN(C)S(=O)(=O)c1cccc(NC(=O)CN2CCCc3cc(F)cc(F)c32)c1. The molecular formula is C19H21F2N3O3S. The molecule has 0 bridgehead atoms. The molecule has 0 saturated carbocycles. The lowest BCUT2D eigenvalue weighted by molar-refractivity contribution is -0.115. The van der Waals surface area contributed by atoms with E-state index in [0.717, 1.165) is 10.4 Å². The maximum Gasteiger partial charge on any atom is 0.243 e. The molecule has 1 aliphatic heterocycles. The van der Waals surface area contributed by atoms with Crippen molar-refractivity contribution in [1.82, 2.24) is 4.31 Å². The number of anilines is 2. The molecule has 0 saturated heterocycles. The Bertz CT molecular complexity index is 1010. The number of carbonyl (C=O) groups is 1. The lowest BCUT2D eigenvalue weighted by Gasteiger charge is -2.31. The molecule has 28 heavy (non-hydrogen) atoms. The van der Waals surface area contributed by atoms with Crippen LogP contribution < -0.4 is 10.2 Å². The fourth-order valence-electron chi connectivity index (χ4n) is 3.21. The summed E-state index contributed by atoms with van der Waals surface area (Å²) in [5.74, 6) is -1.75. The number of nitrogens with one attached hydrogen (secondary N) is 1. The number of nitrogens with zero attached hydrogens (tertiary/aromatic N) is 2. The summed E-state index contributed by atoms with van der Waals surface area (Å²) in [6, 6.07) is 8.02. The van der Waals surface area contributed by atoms with Crippen LogP contribution >= 0.6 is 0 Å². The smallest absolute Gasteiger partial charge is 0.243 e. The average Bonchev–Trinajstić information content (AvgIpc) is 2.61. The molecule has 0 spiro atoms. The fourth-order valence-corrected chi connectivity index (χ4v) is 4.16. The summed E-state index contributed by atoms with van der Waals surface area (Å²) in [6.07, 6.45) is 1.23. The van der Waals surface area contributed by atoms with Gasteiger partial charge in [-0.25, -0.2) is 21.5 Å². The molecule has 2 aromatic rings. The van der Waals surface area contributed by atoms with Crippen molar-refractivity contribution in [1.29, 1.82) is 0 Å². The van der Waals surface area contributed by atoms with Gasteiger partial charge in [0.1, 0.15) is 11.6 Å². The predicted molar refractivity (Wildman–Crippen MR) is 103 cm³/mol. The van der Waals surface area contributed by atoms with E-state index in [-0.39, 0.29) is 17.1 Å². The zero-order valence-corrected chi connectivity index (χ0v) is 16.4. The van der Waals surface area contributed by atoms with Crippen molar-refractivity contribution in [2.45, 2.75) is 17.7 Å². The second-order valence-electron chi connectivity index (χ2n) is 6.78. The molecule has 0 fully saturated rings. The first kappa shape index (κ1) is 20.2. The van der Waals surface area contributed by atoms with Gasteiger partial charge in [0.25, 0.3) is 0 Å². The van der Waals surface area contributed by atoms with Crippen molar-refractivity contribution >= 4 is 27.3 Å². The molecule has 9 heteroatoms. The number of hydrogen-bond acceptors (Lipinski definition) is 4. The second kappa shape index (κ2) is 7.84. The fraction of sp³-hybridized carbons (Fsp3) is 0.316. The molecule has 0 aromatic heterocycles. The molecule has 0 aliphatic carbocycles. The van der Waals surface area contributed by atoms with Crippen molar-refractivity contribution in [3.8, 4) is 0 Å². The number of rotatable bonds is 5. The van der Waals surface area contributed by atoms with Gasteiger partial charge in [0.2, 0.25) is 15.9 Å². The summed E-state index contributed by atoms with van der Waals surface area (Å²) in [4.78, 5) is 14.1. The van der Waals surface area contributed by atoms with Crippen LogP contribution in [0.3, 0.4) is 0 Å². The average molecular weight is 409 g/mol. The predicted octanol–water partition coefficient (Wildman–Crippen LogP) is 2.61. The molecule has 0 unspecified atom stereocenters. The number of amides is 1. The maximum atomic E-state index is 14.2. The van der Waals surface area contributed by atoms with Crippen LogP contribution in [0.5, 0.6) is 0 Å². The highest BCUT2D eigenvalue weighted by Crippen LogP contribution is 2.31. The normalized spacial score (nSPS) is 14.1. The minimum atomic E-state index is -3.63. The zero-order valence-electron chi connectivity index (χ0n) is 15.6. The summed E-state index contributed by atoms with van der Waals surface area (Å²) in [7, 11) is -0.781. The van der Waals surface area contributed by atoms with E-state index in [9.17, 15) is 22.0 Å². The van der Waals surface area contributed by atoms with E-state index < -0.39 is 27.6 Å². The Morgan fingerprint density at radius 3 is 2.68 bits per heavy atom. The van der Waals surface area contributed by atoms with Gasteiger partial charge in [-0.15, -0.1) is 0 Å². The minimum Gasteiger partial charge on any atom is -0.360 e. The summed E-state index contributed by atoms with van der Waals surface area (Å²) >= 11 is 0. The first-order valence-corrected chi connectivity index (χ1v) is 10.2. The van der Waals surface area contributed by atoms with E-state index in [1.54, 1.807) is 11.0 Å². The number of sulfonamides is 1. The summed E-state index contributed by atoms with van der Waals surface area (Å²) in [6.45, 7) is 0.345. The van der Waals surface area contributed by atoms with Gasteiger partial charge in [-0.05, 0) is 42.7 Å². The van der Waals surface area contributed by atoms with Gasteiger partial charge in [-0.3, -0.25) is 4.79 Å². The first-order chi connectivity index (χ1) is 13.2. The third kappa shape index (κ3) is 4.15. The Balaban J connectivity index is 1.76. The third-order valence-electron chi connectivity index (χ3n) is 4.53. The highest BCUT2D eigenvalue weighted by Gasteiger charge is 2.24. The highest BCUT2D eigenvalue weighted by molar-refractivity contribution is 7.89. The van der Waals surface area contributed by atoms with E-state index in [4.69, 9.17) is 0 Å². The second-order valence-corrected chi connectivity index (χ2v) is 8.94. The summed E-state index contributed by atoms with van der Waals surface area (Å²) in [5.41, 5.74) is 1.10. The largest absolute Gasteiger partial charge is 0.360 e. The van der Waals surface area contributed by atoms with Crippen LogP contribution in [0.2, 0.25) is 0 Å². The van der Waals surface area contributed by atoms with Crippen molar-refractivity contribution in [2.24, 2.45) is 0 Å². The van der Waals surface area contributed by atoms with Gasteiger partial charge in [-0.1, -0.05) is 6.07 Å². The summed E-state index contributed by atoms with van der Waals surface area (Å²) in [5, 5.41) is 2.64. The number of benzene rings is 2. The van der Waals surface area contributed by atoms with Crippen molar-refractivity contribution < 1.29 is 22.0 Å². The van der Waals surface area contributed by atoms with Crippen molar-refractivity contribution in [3.63, 3.8) is 0 Å². The number of carbonyl (C=O) groups excluding carboxylic acids is 1. The molecule has 1 aliphatic rings. The molecule has 1 N–H and O–H groups in total. The van der Waals surface area contributed by atoms with Crippen LogP contribution in [0.4, 0.5) is 20.2 Å². The van der Waals surface area contributed by atoms with Gasteiger partial charge in [0, 0.05) is 32.4 Å². The van der Waals surface area contributed by atoms with Crippen molar-refractivity contribution in [2.75, 3.05) is 37.4 Å². The molecule has 3 rings (SSSR count). The van der Waals surface area contributed by atoms with Crippen LogP contribution in [0.25, 0.3) is 0 Å². The number of halogens is 2. The number of hydrogen-bond donors (Lipinski definition) is 1. The summed E-state index contributed by atoms with van der Waals surface area (Å²) < 4.78 is 53.2. The van der Waals surface area contributed by atoms with Crippen LogP contribution in [0, 0.1) is 11.6 Å². The zero-order chi connectivity index (χ0) is 20.5. The molecule has 0 radical (unpaired) electrons. The Labute approximate surface area is 162 Å². The molecule has 2 aromatic carbocycles. The number of aryl methyl sites for hydroxylation is 1. The van der Waals surface area contributed by atoms with Gasteiger partial charge in [0.05, 0.1) is 17.1 Å². The lowest BCUT2D eigenvalue weighted by atomic mass is 10.0. The Hall–Kier alpha value is -2.52. The van der Waals surface area contributed by atoms with Gasteiger partial charge >= 0.3 is 0 Å². The highest BCUT2D eigenvalue weighted by atomic mass is 32.2. The molecule has 150 valence electrons. The van der Waals surface area contributed by atoms with E-state index in [0.29, 0.717) is 30.6 Å². The molecule has 1 heterocycles. The lowest BCUT2D eigenvalue weighted by Crippen LogP contribution is -2.37.